The number of aryl methyl sites for hydroxylation is 1. The fraction of sp³-hybridized carbons (Fsp3) is 0.0952. The normalized spacial score (nSPS) is 10.9. The van der Waals surface area contributed by atoms with Crippen LogP contribution in [-0.4, -0.2) is 9.38 Å². The lowest BCUT2D eigenvalue weighted by molar-refractivity contribution is 0.289. The van der Waals surface area contributed by atoms with Crippen molar-refractivity contribution in [1.29, 1.82) is 0 Å². The number of hydrogen-bond acceptors (Lipinski definition) is 2. The van der Waals surface area contributed by atoms with E-state index in [9.17, 15) is 0 Å². The second kappa shape index (κ2) is 6.20. The van der Waals surface area contributed by atoms with Gasteiger partial charge >= 0.3 is 0 Å². The minimum atomic E-state index is 0.534. The van der Waals surface area contributed by atoms with Gasteiger partial charge in [0.15, 0.2) is 5.88 Å². The number of aromatic nitrogens is 2. The molecule has 0 atom stereocenters. The first-order valence-corrected chi connectivity index (χ1v) is 8.01. The van der Waals surface area contributed by atoms with Gasteiger partial charge in [-0.1, -0.05) is 60.7 Å². The Labute approximate surface area is 141 Å². The summed E-state index contributed by atoms with van der Waals surface area (Å²) in [6.45, 7) is 2.57. The Morgan fingerprint density at radius 2 is 1.58 bits per heavy atom. The summed E-state index contributed by atoms with van der Waals surface area (Å²) in [6, 6.07) is 24.7. The van der Waals surface area contributed by atoms with Gasteiger partial charge in [0.2, 0.25) is 0 Å². The molecular formula is C21H18N2O. The molecule has 0 aliphatic rings. The molecule has 0 amide bonds. The maximum atomic E-state index is 6.13. The van der Waals surface area contributed by atoms with Crippen LogP contribution in [0.2, 0.25) is 0 Å². The monoisotopic (exact) mass is 314 g/mol. The molecule has 2 aromatic carbocycles. The molecule has 3 heteroatoms. The molecule has 2 aromatic heterocycles. The third kappa shape index (κ3) is 2.76. The molecule has 118 valence electrons. The van der Waals surface area contributed by atoms with Crippen LogP contribution in [0.3, 0.4) is 0 Å². The van der Waals surface area contributed by atoms with Crippen LogP contribution in [0.15, 0.2) is 79.0 Å². The van der Waals surface area contributed by atoms with Crippen LogP contribution in [0.25, 0.3) is 16.8 Å². The molecule has 0 aliphatic heterocycles. The van der Waals surface area contributed by atoms with Gasteiger partial charge in [-0.05, 0) is 29.7 Å². The van der Waals surface area contributed by atoms with Gasteiger partial charge in [-0.2, -0.15) is 0 Å². The summed E-state index contributed by atoms with van der Waals surface area (Å²) in [7, 11) is 0. The molecule has 0 aliphatic carbocycles. The van der Waals surface area contributed by atoms with E-state index in [1.54, 1.807) is 0 Å². The second-order valence-corrected chi connectivity index (χ2v) is 5.82. The van der Waals surface area contributed by atoms with Gasteiger partial charge < -0.3 is 4.74 Å². The third-order valence-electron chi connectivity index (χ3n) is 4.09. The van der Waals surface area contributed by atoms with Crippen LogP contribution < -0.4 is 4.74 Å². The van der Waals surface area contributed by atoms with Crippen molar-refractivity contribution >= 4 is 5.65 Å². The zero-order chi connectivity index (χ0) is 16.4. The predicted molar refractivity (Wildman–Crippen MR) is 96.1 cm³/mol. The lowest BCUT2D eigenvalue weighted by Gasteiger charge is -2.12. The smallest absolute Gasteiger partial charge is 0.200 e. The van der Waals surface area contributed by atoms with Crippen LogP contribution in [0.1, 0.15) is 11.3 Å². The molecule has 0 fully saturated rings. The van der Waals surface area contributed by atoms with Gasteiger partial charge in [0.25, 0.3) is 0 Å². The Morgan fingerprint density at radius 1 is 0.875 bits per heavy atom. The van der Waals surface area contributed by atoms with Gasteiger partial charge in [-0.25, -0.2) is 4.98 Å². The molecule has 0 spiro atoms. The summed E-state index contributed by atoms with van der Waals surface area (Å²) < 4.78 is 8.18. The van der Waals surface area contributed by atoms with Crippen molar-refractivity contribution in [2.24, 2.45) is 0 Å². The number of rotatable bonds is 4. The van der Waals surface area contributed by atoms with Crippen molar-refractivity contribution in [3.63, 3.8) is 0 Å². The van der Waals surface area contributed by atoms with Gasteiger partial charge in [0.05, 0.1) is 0 Å². The Hall–Kier alpha value is -3.07. The topological polar surface area (TPSA) is 26.5 Å². The van der Waals surface area contributed by atoms with Crippen LogP contribution in [0, 0.1) is 6.92 Å². The zero-order valence-electron chi connectivity index (χ0n) is 13.5. The van der Waals surface area contributed by atoms with Crippen molar-refractivity contribution < 1.29 is 4.74 Å². The molecule has 2 heterocycles. The van der Waals surface area contributed by atoms with Crippen LogP contribution in [0.5, 0.6) is 5.88 Å². The highest BCUT2D eigenvalue weighted by atomic mass is 16.5. The van der Waals surface area contributed by atoms with Gasteiger partial charge in [0.1, 0.15) is 12.3 Å². The summed E-state index contributed by atoms with van der Waals surface area (Å²) >= 11 is 0. The van der Waals surface area contributed by atoms with Crippen molar-refractivity contribution in [3.05, 3.63) is 90.3 Å². The Bertz CT molecular complexity index is 959. The van der Waals surface area contributed by atoms with Gasteiger partial charge in [0, 0.05) is 18.0 Å². The van der Waals surface area contributed by atoms with Crippen LogP contribution in [0.4, 0.5) is 0 Å². The lowest BCUT2D eigenvalue weighted by Crippen LogP contribution is -2.02. The fourth-order valence-corrected chi connectivity index (χ4v) is 2.86. The highest BCUT2D eigenvalue weighted by Gasteiger charge is 2.10. The van der Waals surface area contributed by atoms with Crippen LogP contribution in [-0.2, 0) is 6.61 Å². The van der Waals surface area contributed by atoms with E-state index in [2.05, 4.69) is 45.8 Å². The van der Waals surface area contributed by atoms with Crippen LogP contribution >= 0.6 is 0 Å². The van der Waals surface area contributed by atoms with Crippen molar-refractivity contribution in [2.45, 2.75) is 13.5 Å². The first kappa shape index (κ1) is 14.5. The maximum Gasteiger partial charge on any atom is 0.200 e. The number of nitrogens with zero attached hydrogens (tertiary/aromatic N) is 2. The Balaban J connectivity index is 1.76. The largest absolute Gasteiger partial charge is 0.474 e. The predicted octanol–water partition coefficient (Wildman–Crippen LogP) is 4.89. The minimum Gasteiger partial charge on any atom is -0.474 e. The summed E-state index contributed by atoms with van der Waals surface area (Å²) in [6.07, 6.45) is 1.87. The van der Waals surface area contributed by atoms with Crippen molar-refractivity contribution in [1.82, 2.24) is 9.38 Å². The molecule has 0 bridgehead atoms. The molecule has 0 saturated heterocycles. The molecular weight excluding hydrogens is 296 g/mol. The molecule has 0 saturated carbocycles. The van der Waals surface area contributed by atoms with E-state index < -0.39 is 0 Å². The number of fused-ring (bicyclic) bond motifs is 1. The highest BCUT2D eigenvalue weighted by Crippen LogP contribution is 2.27. The van der Waals surface area contributed by atoms with E-state index in [4.69, 9.17) is 4.74 Å². The number of ether oxygens (including phenoxy) is 1. The third-order valence-corrected chi connectivity index (χ3v) is 4.09. The SMILES string of the molecule is Cc1cnc2cc(-c3ccccc3)cc(OCc3ccccc3)n12. The fourth-order valence-electron chi connectivity index (χ4n) is 2.86. The standard InChI is InChI=1S/C21H18N2O/c1-16-14-22-20-12-19(18-10-6-3-7-11-18)13-21(23(16)20)24-15-17-8-4-2-5-9-17/h2-14H,15H2,1H3. The minimum absolute atomic E-state index is 0.534. The van der Waals surface area contributed by atoms with E-state index in [0.29, 0.717) is 6.61 Å². The summed E-state index contributed by atoms with van der Waals surface area (Å²) in [5, 5.41) is 0. The molecule has 3 nitrogen and oxygen atoms in total. The average Bonchev–Trinajstić information content (AvgIpc) is 3.02. The average molecular weight is 314 g/mol. The molecule has 4 aromatic rings. The van der Waals surface area contributed by atoms with Crippen molar-refractivity contribution in [2.75, 3.05) is 0 Å². The van der Waals surface area contributed by atoms with Crippen molar-refractivity contribution in [3.8, 4) is 17.0 Å². The highest BCUT2D eigenvalue weighted by molar-refractivity contribution is 5.69. The zero-order valence-corrected chi connectivity index (χ0v) is 13.5. The summed E-state index contributed by atoms with van der Waals surface area (Å²) in [4.78, 5) is 4.50. The molecule has 4 rings (SSSR count). The first-order valence-electron chi connectivity index (χ1n) is 8.01. The molecule has 0 unspecified atom stereocenters. The molecule has 0 N–H and O–H groups in total. The lowest BCUT2D eigenvalue weighted by atomic mass is 10.1. The van der Waals surface area contributed by atoms with Gasteiger partial charge in [-0.15, -0.1) is 0 Å². The van der Waals surface area contributed by atoms with E-state index in [-0.39, 0.29) is 0 Å². The summed E-state index contributed by atoms with van der Waals surface area (Å²) in [5.74, 6) is 0.810. The number of imidazole rings is 1. The number of benzene rings is 2. The maximum absolute atomic E-state index is 6.13. The van der Waals surface area contributed by atoms with E-state index in [0.717, 1.165) is 33.9 Å². The number of pyridine rings is 1. The van der Waals surface area contributed by atoms with E-state index in [1.165, 1.54) is 0 Å². The first-order chi connectivity index (χ1) is 11.8. The van der Waals surface area contributed by atoms with Gasteiger partial charge in [-0.3, -0.25) is 4.40 Å². The second-order valence-electron chi connectivity index (χ2n) is 5.82. The Morgan fingerprint density at radius 3 is 2.33 bits per heavy atom. The molecule has 0 radical (unpaired) electrons. The Kier molecular flexibility index (Phi) is 3.75. The van der Waals surface area contributed by atoms with E-state index in [1.807, 2.05) is 49.5 Å². The summed E-state index contributed by atoms with van der Waals surface area (Å²) in [5.41, 5.74) is 5.38. The quantitative estimate of drug-likeness (QED) is 0.536. The van der Waals surface area contributed by atoms with E-state index >= 15 is 0 Å². The molecule has 24 heavy (non-hydrogen) atoms. The number of hydrogen-bond donors (Lipinski definition) is 0.